The Morgan fingerprint density at radius 1 is 0.964 bits per heavy atom. The molecule has 1 aromatic heterocycles. The van der Waals surface area contributed by atoms with Crippen molar-refractivity contribution < 1.29 is 28.6 Å². The molecule has 2 aromatic rings. The van der Waals surface area contributed by atoms with Gasteiger partial charge in [-0.05, 0) is 32.4 Å². The van der Waals surface area contributed by atoms with Gasteiger partial charge in [-0.2, -0.15) is 0 Å². The lowest BCUT2D eigenvalue weighted by molar-refractivity contribution is -0.170. The quantitative estimate of drug-likeness (QED) is 0.429. The average molecular weight is 385 g/mol. The first-order chi connectivity index (χ1) is 13.4. The van der Waals surface area contributed by atoms with Crippen molar-refractivity contribution in [1.82, 2.24) is 4.57 Å². The Hall–Kier alpha value is -3.09. The van der Waals surface area contributed by atoms with Gasteiger partial charge in [-0.3, -0.25) is 9.59 Å². The molecule has 7 nitrogen and oxygen atoms in total. The molecule has 3 rings (SSSR count). The van der Waals surface area contributed by atoms with E-state index < -0.39 is 24.3 Å². The molecule has 0 spiro atoms. The molecule has 1 unspecified atom stereocenters. The Kier molecular flexibility index (Phi) is 5.82. The number of benzene rings is 1. The average Bonchev–Trinajstić information content (AvgIpc) is 3.22. The van der Waals surface area contributed by atoms with Crippen LogP contribution in [0, 0.1) is 0 Å². The first-order valence-electron chi connectivity index (χ1n) is 9.23. The summed E-state index contributed by atoms with van der Waals surface area (Å²) in [4.78, 5) is 36.7. The van der Waals surface area contributed by atoms with E-state index in [2.05, 4.69) is 0 Å². The lowest BCUT2D eigenvalue weighted by Crippen LogP contribution is -2.26. The highest BCUT2D eigenvalue weighted by Gasteiger charge is 2.34. The molecule has 0 saturated carbocycles. The second-order valence-electron chi connectivity index (χ2n) is 6.87. The van der Waals surface area contributed by atoms with Crippen LogP contribution in [0.4, 0.5) is 4.79 Å². The van der Waals surface area contributed by atoms with Crippen molar-refractivity contribution in [3.8, 4) is 0 Å². The van der Waals surface area contributed by atoms with Crippen LogP contribution >= 0.6 is 0 Å². The van der Waals surface area contributed by atoms with Gasteiger partial charge >= 0.3 is 12.1 Å². The molecule has 2 atom stereocenters. The van der Waals surface area contributed by atoms with Gasteiger partial charge in [-0.1, -0.05) is 30.3 Å². The standard InChI is InChI=1S/C21H23NO6/c1-13(2)26-21(25)28-14(3)27-20(24)16-11-12-22-17(16)9-10-18(22)19(23)15-7-5-4-6-8-15/h4-10,13-14,16H,11-12H2,1-3H3/t14?,16-/m0/s1. The summed E-state index contributed by atoms with van der Waals surface area (Å²) in [5, 5.41) is 0. The third kappa shape index (κ3) is 4.24. The van der Waals surface area contributed by atoms with Crippen LogP contribution in [0.3, 0.4) is 0 Å². The summed E-state index contributed by atoms with van der Waals surface area (Å²) >= 11 is 0. The number of hydrogen-bond donors (Lipinski definition) is 0. The van der Waals surface area contributed by atoms with Gasteiger partial charge in [0.2, 0.25) is 12.1 Å². The molecule has 2 heterocycles. The van der Waals surface area contributed by atoms with E-state index in [0.717, 1.165) is 5.69 Å². The van der Waals surface area contributed by atoms with Crippen LogP contribution in [-0.2, 0) is 25.5 Å². The smallest absolute Gasteiger partial charge is 0.431 e. The van der Waals surface area contributed by atoms with Gasteiger partial charge in [0.05, 0.1) is 17.7 Å². The third-order valence-corrected chi connectivity index (χ3v) is 4.44. The highest BCUT2D eigenvalue weighted by atomic mass is 16.8. The summed E-state index contributed by atoms with van der Waals surface area (Å²) in [6, 6.07) is 12.5. The molecule has 7 heteroatoms. The fourth-order valence-electron chi connectivity index (χ4n) is 3.24. The van der Waals surface area contributed by atoms with Gasteiger partial charge in [0.25, 0.3) is 0 Å². The molecule has 0 bridgehead atoms. The van der Waals surface area contributed by atoms with Gasteiger partial charge in [-0.15, -0.1) is 0 Å². The van der Waals surface area contributed by atoms with Crippen LogP contribution in [0.25, 0.3) is 0 Å². The van der Waals surface area contributed by atoms with Crippen LogP contribution in [0.5, 0.6) is 0 Å². The number of esters is 1. The van der Waals surface area contributed by atoms with Crippen LogP contribution < -0.4 is 0 Å². The second kappa shape index (κ2) is 8.29. The van der Waals surface area contributed by atoms with Crippen LogP contribution in [-0.4, -0.2) is 34.9 Å². The van der Waals surface area contributed by atoms with Crippen LogP contribution in [0.2, 0.25) is 0 Å². The molecule has 0 amide bonds. The van der Waals surface area contributed by atoms with Gasteiger partial charge in [0.15, 0.2) is 0 Å². The summed E-state index contributed by atoms with van der Waals surface area (Å²) in [6.07, 6.45) is -1.75. The number of ketones is 1. The molecule has 1 aliphatic rings. The largest absolute Gasteiger partial charge is 0.511 e. The van der Waals surface area contributed by atoms with E-state index >= 15 is 0 Å². The van der Waals surface area contributed by atoms with Crippen molar-refractivity contribution in [2.75, 3.05) is 0 Å². The van der Waals surface area contributed by atoms with E-state index in [1.165, 1.54) is 6.92 Å². The van der Waals surface area contributed by atoms with Crippen molar-refractivity contribution in [3.63, 3.8) is 0 Å². The molecule has 0 radical (unpaired) electrons. The maximum atomic E-state index is 12.7. The maximum Gasteiger partial charge on any atom is 0.511 e. The predicted octanol–water partition coefficient (Wildman–Crippen LogP) is 3.66. The molecule has 148 valence electrons. The number of rotatable bonds is 6. The fourth-order valence-corrected chi connectivity index (χ4v) is 3.24. The molecule has 0 N–H and O–H groups in total. The third-order valence-electron chi connectivity index (χ3n) is 4.44. The van der Waals surface area contributed by atoms with Gasteiger partial charge < -0.3 is 18.8 Å². The van der Waals surface area contributed by atoms with Crippen molar-refractivity contribution in [2.45, 2.75) is 52.0 Å². The van der Waals surface area contributed by atoms with E-state index in [4.69, 9.17) is 14.2 Å². The Bertz CT molecular complexity index is 870. The van der Waals surface area contributed by atoms with Crippen molar-refractivity contribution in [1.29, 1.82) is 0 Å². The van der Waals surface area contributed by atoms with Crippen molar-refractivity contribution >= 4 is 17.9 Å². The second-order valence-corrected chi connectivity index (χ2v) is 6.87. The minimum absolute atomic E-state index is 0.0889. The zero-order valence-corrected chi connectivity index (χ0v) is 16.1. The molecule has 0 aliphatic carbocycles. The molecular formula is C21H23NO6. The lowest BCUT2D eigenvalue weighted by Gasteiger charge is -2.17. The predicted molar refractivity (Wildman–Crippen MR) is 99.9 cm³/mol. The van der Waals surface area contributed by atoms with E-state index in [1.54, 1.807) is 38.1 Å². The zero-order chi connectivity index (χ0) is 20.3. The summed E-state index contributed by atoms with van der Waals surface area (Å²) in [5.41, 5.74) is 1.86. The minimum atomic E-state index is -1.06. The van der Waals surface area contributed by atoms with Gasteiger partial charge in [0.1, 0.15) is 0 Å². The van der Waals surface area contributed by atoms with E-state index in [0.29, 0.717) is 24.2 Å². The van der Waals surface area contributed by atoms with Gasteiger partial charge in [0, 0.05) is 24.7 Å². The number of hydrogen-bond acceptors (Lipinski definition) is 6. The van der Waals surface area contributed by atoms with Gasteiger partial charge in [-0.25, -0.2) is 4.79 Å². The topological polar surface area (TPSA) is 83.8 Å². The molecule has 0 saturated heterocycles. The highest BCUT2D eigenvalue weighted by molar-refractivity contribution is 6.08. The van der Waals surface area contributed by atoms with Crippen molar-refractivity contribution in [3.05, 3.63) is 59.4 Å². The first kappa shape index (κ1) is 19.7. The summed E-state index contributed by atoms with van der Waals surface area (Å²) in [7, 11) is 0. The monoisotopic (exact) mass is 385 g/mol. The van der Waals surface area contributed by atoms with Crippen molar-refractivity contribution in [2.24, 2.45) is 0 Å². The normalized spacial score (nSPS) is 16.4. The van der Waals surface area contributed by atoms with Crippen LogP contribution in [0.1, 0.15) is 54.9 Å². The molecule has 1 aromatic carbocycles. The molecule has 28 heavy (non-hydrogen) atoms. The number of aromatic nitrogens is 1. The molecule has 1 aliphatic heterocycles. The Morgan fingerprint density at radius 2 is 1.68 bits per heavy atom. The number of ether oxygens (including phenoxy) is 3. The first-order valence-corrected chi connectivity index (χ1v) is 9.23. The maximum absolute atomic E-state index is 12.7. The lowest BCUT2D eigenvalue weighted by atomic mass is 10.1. The SMILES string of the molecule is CC(C)OC(=O)OC(C)OC(=O)[C@H]1CCn2c(C(=O)c3ccccc3)ccc21. The summed E-state index contributed by atoms with van der Waals surface area (Å²) in [5.74, 6) is -1.10. The Morgan fingerprint density at radius 3 is 2.36 bits per heavy atom. The fraction of sp³-hybridized carbons (Fsp3) is 0.381. The molecule has 0 fully saturated rings. The number of nitrogens with zero attached hydrogens (tertiary/aromatic N) is 1. The molecular weight excluding hydrogens is 362 g/mol. The minimum Gasteiger partial charge on any atom is -0.431 e. The van der Waals surface area contributed by atoms with Crippen LogP contribution in [0.15, 0.2) is 42.5 Å². The van der Waals surface area contributed by atoms with E-state index in [1.807, 2.05) is 22.8 Å². The summed E-state index contributed by atoms with van der Waals surface area (Å²) in [6.45, 7) is 5.39. The number of fused-ring (bicyclic) bond motifs is 1. The van der Waals surface area contributed by atoms with E-state index in [9.17, 15) is 14.4 Å². The Balaban J connectivity index is 1.66. The number of carbonyl (C=O) groups excluding carboxylic acids is 3. The highest BCUT2D eigenvalue weighted by Crippen LogP contribution is 2.32. The number of carbonyl (C=O) groups is 3. The Labute approximate surface area is 163 Å². The summed E-state index contributed by atoms with van der Waals surface area (Å²) < 4.78 is 16.9. The zero-order valence-electron chi connectivity index (χ0n) is 16.1. The van der Waals surface area contributed by atoms with E-state index in [-0.39, 0.29) is 11.9 Å².